The molecule has 160 valence electrons. The molecule has 0 unspecified atom stereocenters. The Kier molecular flexibility index (Phi) is 5.70. The van der Waals surface area contributed by atoms with Gasteiger partial charge in [0.25, 0.3) is 0 Å². The van der Waals surface area contributed by atoms with Crippen LogP contribution in [0.5, 0.6) is 0 Å². The van der Waals surface area contributed by atoms with Crippen LogP contribution in [0.1, 0.15) is 46.0 Å². The van der Waals surface area contributed by atoms with Crippen molar-refractivity contribution in [2.45, 2.75) is 62.6 Å². The van der Waals surface area contributed by atoms with Gasteiger partial charge in [-0.25, -0.2) is 8.42 Å². The highest BCUT2D eigenvalue weighted by molar-refractivity contribution is 7.89. The van der Waals surface area contributed by atoms with Crippen molar-refractivity contribution < 1.29 is 13.2 Å². The van der Waals surface area contributed by atoms with E-state index in [4.69, 9.17) is 11.6 Å². The van der Waals surface area contributed by atoms with E-state index in [0.29, 0.717) is 42.8 Å². The maximum Gasteiger partial charge on any atom is 0.243 e. The summed E-state index contributed by atoms with van der Waals surface area (Å²) in [7, 11) is -3.56. The largest absolute Gasteiger partial charge is 0.323 e. The number of amides is 1. The number of carbonyl (C=O) groups excluding carboxylic acids is 1. The third-order valence-corrected chi connectivity index (χ3v) is 8.53. The van der Waals surface area contributed by atoms with Gasteiger partial charge in [-0.2, -0.15) is 4.31 Å². The summed E-state index contributed by atoms with van der Waals surface area (Å²) in [6.07, 6.45) is 4.42. The highest BCUT2D eigenvalue weighted by atomic mass is 35.5. The lowest BCUT2D eigenvalue weighted by Gasteiger charge is -2.44. The van der Waals surface area contributed by atoms with Gasteiger partial charge in [-0.3, -0.25) is 10.1 Å². The molecule has 1 atom stereocenters. The van der Waals surface area contributed by atoms with E-state index < -0.39 is 15.7 Å². The van der Waals surface area contributed by atoms with Gasteiger partial charge in [0.2, 0.25) is 15.9 Å². The van der Waals surface area contributed by atoms with E-state index in [9.17, 15) is 13.2 Å². The van der Waals surface area contributed by atoms with Crippen molar-refractivity contribution in [2.75, 3.05) is 19.6 Å². The lowest BCUT2D eigenvalue weighted by atomic mass is 9.96. The van der Waals surface area contributed by atoms with Crippen molar-refractivity contribution in [2.24, 2.45) is 11.8 Å². The summed E-state index contributed by atoms with van der Waals surface area (Å²) in [5, 5.41) is 4.14. The maximum absolute atomic E-state index is 13.1. The first-order chi connectivity index (χ1) is 13.7. The molecule has 29 heavy (non-hydrogen) atoms. The molecule has 1 saturated carbocycles. The summed E-state index contributed by atoms with van der Waals surface area (Å²) >= 11 is 5.90. The van der Waals surface area contributed by atoms with Crippen molar-refractivity contribution in [3.05, 3.63) is 29.3 Å². The molecule has 0 aromatic heterocycles. The fraction of sp³-hybridized carbons (Fsp3) is 0.667. The second kappa shape index (κ2) is 7.84. The molecule has 1 N–H and O–H groups in total. The molecule has 6 nitrogen and oxygen atoms in total. The normalized spacial score (nSPS) is 25.3. The number of carbonyl (C=O) groups is 1. The monoisotopic (exact) mass is 439 g/mol. The minimum Gasteiger partial charge on any atom is -0.323 e. The van der Waals surface area contributed by atoms with Crippen LogP contribution in [0, 0.1) is 11.8 Å². The molecule has 1 aromatic carbocycles. The third-order valence-electron chi connectivity index (χ3n) is 6.37. The zero-order valence-electron chi connectivity index (χ0n) is 17.1. The zero-order chi connectivity index (χ0) is 20.8. The Morgan fingerprint density at radius 2 is 1.79 bits per heavy atom. The summed E-state index contributed by atoms with van der Waals surface area (Å²) in [5.74, 6) is 1.23. The minimum atomic E-state index is -3.56. The van der Waals surface area contributed by atoms with Crippen molar-refractivity contribution in [1.29, 1.82) is 0 Å². The topological polar surface area (TPSA) is 69.7 Å². The Labute approximate surface area is 178 Å². The fourth-order valence-electron chi connectivity index (χ4n) is 4.58. The van der Waals surface area contributed by atoms with E-state index in [1.165, 1.54) is 12.8 Å². The van der Waals surface area contributed by atoms with Crippen LogP contribution in [-0.2, 0) is 14.8 Å². The van der Waals surface area contributed by atoms with Crippen LogP contribution < -0.4 is 5.32 Å². The van der Waals surface area contributed by atoms with Gasteiger partial charge >= 0.3 is 0 Å². The van der Waals surface area contributed by atoms with Gasteiger partial charge in [0, 0.05) is 24.7 Å². The van der Waals surface area contributed by atoms with E-state index in [-0.39, 0.29) is 16.8 Å². The van der Waals surface area contributed by atoms with Crippen molar-refractivity contribution in [3.63, 3.8) is 0 Å². The number of hydrogen-bond acceptors (Lipinski definition) is 4. The Morgan fingerprint density at radius 1 is 1.17 bits per heavy atom. The van der Waals surface area contributed by atoms with Gasteiger partial charge in [-0.15, -0.1) is 0 Å². The quantitative estimate of drug-likeness (QED) is 0.739. The number of nitrogens with zero attached hydrogens (tertiary/aromatic N) is 2. The fourth-order valence-corrected chi connectivity index (χ4v) is 6.15. The summed E-state index contributed by atoms with van der Waals surface area (Å²) < 4.78 is 27.6. The van der Waals surface area contributed by atoms with Gasteiger partial charge in [0.15, 0.2) is 0 Å². The first-order valence-electron chi connectivity index (χ1n) is 10.6. The Balaban J connectivity index is 1.51. The van der Waals surface area contributed by atoms with Gasteiger partial charge in [0.05, 0.1) is 16.6 Å². The summed E-state index contributed by atoms with van der Waals surface area (Å²) in [4.78, 5) is 15.4. The number of halogens is 1. The minimum absolute atomic E-state index is 0.159. The van der Waals surface area contributed by atoms with Gasteiger partial charge in [-0.05, 0) is 68.2 Å². The molecule has 1 amide bonds. The number of hydrogen-bond donors (Lipinski definition) is 1. The van der Waals surface area contributed by atoms with Crippen LogP contribution >= 0.6 is 11.6 Å². The predicted octanol–water partition coefficient (Wildman–Crippen LogP) is 3.08. The van der Waals surface area contributed by atoms with Crippen molar-refractivity contribution in [1.82, 2.24) is 14.5 Å². The summed E-state index contributed by atoms with van der Waals surface area (Å²) in [6.45, 7) is 5.87. The second-order valence-electron chi connectivity index (χ2n) is 9.11. The first-order valence-corrected chi connectivity index (χ1v) is 12.4. The Hall–Kier alpha value is -1.15. The molecular weight excluding hydrogens is 410 g/mol. The van der Waals surface area contributed by atoms with E-state index in [0.717, 1.165) is 13.0 Å². The molecule has 8 heteroatoms. The number of nitrogens with one attached hydrogen (secondary N) is 1. The number of benzene rings is 1. The Bertz CT molecular complexity index is 860. The molecule has 4 rings (SSSR count). The van der Waals surface area contributed by atoms with Gasteiger partial charge in [-0.1, -0.05) is 25.4 Å². The maximum atomic E-state index is 13.1. The average molecular weight is 440 g/mol. The SMILES string of the molecule is CC(C)C[C@H]1NC2(CCN(S(=O)(=O)c3ccc(Cl)cc3)CC2)N(CC2CC2)C1=O. The lowest BCUT2D eigenvalue weighted by Crippen LogP contribution is -2.59. The van der Waals surface area contributed by atoms with E-state index in [1.807, 2.05) is 4.90 Å². The standard InChI is InChI=1S/C21H30ClN3O3S/c1-15(2)13-19-20(26)25(14-16-3-4-16)21(23-19)9-11-24(12-10-21)29(27,28)18-7-5-17(22)6-8-18/h5-8,15-16,19,23H,3-4,9-14H2,1-2H3/t19-/m1/s1. The van der Waals surface area contributed by atoms with Gasteiger partial charge in [0.1, 0.15) is 0 Å². The highest BCUT2D eigenvalue weighted by Crippen LogP contribution is 2.39. The van der Waals surface area contributed by atoms with Gasteiger partial charge < -0.3 is 4.90 Å². The summed E-state index contributed by atoms with van der Waals surface area (Å²) in [6, 6.07) is 6.15. The molecule has 2 saturated heterocycles. The van der Waals surface area contributed by atoms with Crippen molar-refractivity contribution >= 4 is 27.5 Å². The van der Waals surface area contributed by atoms with E-state index in [1.54, 1.807) is 28.6 Å². The number of rotatable bonds is 6. The molecule has 2 heterocycles. The van der Waals surface area contributed by atoms with Crippen LogP contribution in [0.2, 0.25) is 5.02 Å². The number of sulfonamides is 1. The van der Waals surface area contributed by atoms with Crippen molar-refractivity contribution in [3.8, 4) is 0 Å². The molecule has 1 spiro atoms. The average Bonchev–Trinajstić information content (AvgIpc) is 3.46. The highest BCUT2D eigenvalue weighted by Gasteiger charge is 2.53. The molecule has 1 aliphatic carbocycles. The lowest BCUT2D eigenvalue weighted by molar-refractivity contribution is -0.133. The Morgan fingerprint density at radius 3 is 2.34 bits per heavy atom. The smallest absolute Gasteiger partial charge is 0.243 e. The van der Waals surface area contributed by atoms with Crippen LogP contribution in [-0.4, -0.2) is 54.9 Å². The zero-order valence-corrected chi connectivity index (χ0v) is 18.7. The molecule has 0 bridgehead atoms. The van der Waals surface area contributed by atoms with Crippen LogP contribution in [0.25, 0.3) is 0 Å². The molecule has 1 aromatic rings. The van der Waals surface area contributed by atoms with E-state index in [2.05, 4.69) is 19.2 Å². The second-order valence-corrected chi connectivity index (χ2v) is 11.5. The molecular formula is C21H30ClN3O3S. The molecule has 3 fully saturated rings. The van der Waals surface area contributed by atoms with Crippen LogP contribution in [0.15, 0.2) is 29.2 Å². The van der Waals surface area contributed by atoms with Crippen LogP contribution in [0.4, 0.5) is 0 Å². The molecule has 0 radical (unpaired) electrons. The summed E-state index contributed by atoms with van der Waals surface area (Å²) in [5.41, 5.74) is -0.411. The molecule has 2 aliphatic heterocycles. The molecule has 3 aliphatic rings. The first kappa shape index (κ1) is 21.1. The van der Waals surface area contributed by atoms with Crippen LogP contribution in [0.3, 0.4) is 0 Å². The predicted molar refractivity (Wildman–Crippen MR) is 113 cm³/mol. The third kappa shape index (κ3) is 4.20. The number of piperidine rings is 1. The van der Waals surface area contributed by atoms with E-state index >= 15 is 0 Å².